The molecule has 0 heterocycles. The van der Waals surface area contributed by atoms with E-state index in [1.807, 2.05) is 0 Å². The van der Waals surface area contributed by atoms with Gasteiger partial charge in [-0.1, -0.05) is 31.0 Å². The predicted molar refractivity (Wildman–Crippen MR) is 78.8 cm³/mol. The highest BCUT2D eigenvalue weighted by Gasteiger charge is 2.35. The smallest absolute Gasteiger partial charge is 0.307 e. The highest BCUT2D eigenvalue weighted by molar-refractivity contribution is 5.95. The Hall–Kier alpha value is -1.88. The first kappa shape index (κ1) is 15.5. The maximum Gasteiger partial charge on any atom is 0.307 e. The summed E-state index contributed by atoms with van der Waals surface area (Å²) in [5.41, 5.74) is 1.18. The van der Waals surface area contributed by atoms with Gasteiger partial charge in [-0.15, -0.1) is 0 Å². The van der Waals surface area contributed by atoms with E-state index in [-0.39, 0.29) is 5.91 Å². The zero-order chi connectivity index (χ0) is 15.4. The predicted octanol–water partition coefficient (Wildman–Crippen LogP) is 2.57. The molecule has 1 aliphatic carbocycles. The number of anilines is 1. The third-order valence-corrected chi connectivity index (χ3v) is 4.09. The second-order valence-electron chi connectivity index (χ2n) is 5.59. The van der Waals surface area contributed by atoms with E-state index >= 15 is 0 Å². The van der Waals surface area contributed by atoms with Gasteiger partial charge in [-0.2, -0.15) is 0 Å². The molecule has 1 unspecified atom stereocenters. The van der Waals surface area contributed by atoms with E-state index in [1.165, 1.54) is 0 Å². The van der Waals surface area contributed by atoms with E-state index in [2.05, 4.69) is 5.32 Å². The molecule has 0 bridgehead atoms. The Morgan fingerprint density at radius 1 is 1.19 bits per heavy atom. The van der Waals surface area contributed by atoms with E-state index in [0.29, 0.717) is 24.1 Å². The third-order valence-electron chi connectivity index (χ3n) is 4.09. The Labute approximate surface area is 124 Å². The highest BCUT2D eigenvalue weighted by atomic mass is 16.4. The van der Waals surface area contributed by atoms with Crippen LogP contribution in [0, 0.1) is 11.8 Å². The van der Waals surface area contributed by atoms with Crippen molar-refractivity contribution < 1.29 is 19.8 Å². The Morgan fingerprint density at radius 2 is 1.81 bits per heavy atom. The molecular formula is C16H21NO4. The van der Waals surface area contributed by atoms with Crippen LogP contribution >= 0.6 is 0 Å². The van der Waals surface area contributed by atoms with Crippen molar-refractivity contribution in [2.75, 3.05) is 5.32 Å². The minimum absolute atomic E-state index is 0.268. The summed E-state index contributed by atoms with van der Waals surface area (Å²) in [7, 11) is 0. The van der Waals surface area contributed by atoms with Crippen LogP contribution in [0.25, 0.3) is 0 Å². The monoisotopic (exact) mass is 291 g/mol. The second-order valence-corrected chi connectivity index (χ2v) is 5.59. The molecule has 5 heteroatoms. The average molecular weight is 291 g/mol. The number of carbonyl (C=O) groups is 2. The molecule has 1 saturated carbocycles. The minimum Gasteiger partial charge on any atom is -0.481 e. The van der Waals surface area contributed by atoms with Crippen molar-refractivity contribution in [1.29, 1.82) is 0 Å². The number of para-hydroxylation sites is 1. The van der Waals surface area contributed by atoms with Crippen molar-refractivity contribution in [3.05, 3.63) is 29.8 Å². The molecule has 1 aliphatic rings. The van der Waals surface area contributed by atoms with Gasteiger partial charge in [0.15, 0.2) is 0 Å². The quantitative estimate of drug-likeness (QED) is 0.795. The van der Waals surface area contributed by atoms with Crippen LogP contribution in [0.15, 0.2) is 24.3 Å². The largest absolute Gasteiger partial charge is 0.481 e. The molecule has 1 aromatic rings. The van der Waals surface area contributed by atoms with Crippen molar-refractivity contribution in [3.63, 3.8) is 0 Å². The van der Waals surface area contributed by atoms with Crippen LogP contribution in [0.4, 0.5) is 5.69 Å². The van der Waals surface area contributed by atoms with E-state index in [1.54, 1.807) is 31.2 Å². The molecule has 1 amide bonds. The Morgan fingerprint density at radius 3 is 2.43 bits per heavy atom. The fourth-order valence-corrected chi connectivity index (χ4v) is 2.94. The molecule has 0 spiro atoms. The Bertz CT molecular complexity index is 527. The van der Waals surface area contributed by atoms with Gasteiger partial charge in [0.1, 0.15) is 0 Å². The lowest BCUT2D eigenvalue weighted by Gasteiger charge is -2.27. The second kappa shape index (κ2) is 6.72. The number of nitrogens with one attached hydrogen (secondary N) is 1. The van der Waals surface area contributed by atoms with E-state index in [9.17, 15) is 19.8 Å². The van der Waals surface area contributed by atoms with Crippen LogP contribution in [-0.4, -0.2) is 22.1 Å². The molecule has 21 heavy (non-hydrogen) atoms. The fourth-order valence-electron chi connectivity index (χ4n) is 2.94. The molecule has 1 fully saturated rings. The lowest BCUT2D eigenvalue weighted by atomic mass is 9.78. The highest BCUT2D eigenvalue weighted by Crippen LogP contribution is 2.32. The Kier molecular flexibility index (Phi) is 4.96. The first-order valence-electron chi connectivity index (χ1n) is 7.31. The van der Waals surface area contributed by atoms with Crippen molar-refractivity contribution >= 4 is 17.6 Å². The summed E-state index contributed by atoms with van der Waals surface area (Å²) < 4.78 is 0. The van der Waals surface area contributed by atoms with Crippen molar-refractivity contribution in [1.82, 2.24) is 0 Å². The Balaban J connectivity index is 2.15. The summed E-state index contributed by atoms with van der Waals surface area (Å²) in [5, 5.41) is 21.8. The molecule has 2 rings (SSSR count). The molecule has 0 radical (unpaired) electrons. The van der Waals surface area contributed by atoms with E-state index < -0.39 is 23.9 Å². The van der Waals surface area contributed by atoms with Gasteiger partial charge in [-0.25, -0.2) is 0 Å². The molecule has 5 nitrogen and oxygen atoms in total. The SMILES string of the molecule is CC(O)c1ccccc1NC(=O)[C@@H]1CCCC[C@@H]1C(=O)O. The minimum atomic E-state index is -0.904. The van der Waals surface area contributed by atoms with Crippen molar-refractivity contribution in [2.45, 2.75) is 38.7 Å². The number of rotatable bonds is 4. The van der Waals surface area contributed by atoms with Gasteiger partial charge in [-0.05, 0) is 25.8 Å². The average Bonchev–Trinajstić information content (AvgIpc) is 2.47. The van der Waals surface area contributed by atoms with Crippen LogP contribution in [0.2, 0.25) is 0 Å². The number of aliphatic hydroxyl groups excluding tert-OH is 1. The number of carboxylic acids is 1. The number of amides is 1. The third kappa shape index (κ3) is 3.61. The number of carboxylic acid groups (broad SMARTS) is 1. The fraction of sp³-hybridized carbons (Fsp3) is 0.500. The molecule has 1 aromatic carbocycles. The maximum atomic E-state index is 12.4. The topological polar surface area (TPSA) is 86.6 Å². The van der Waals surface area contributed by atoms with E-state index in [0.717, 1.165) is 12.8 Å². The molecular weight excluding hydrogens is 270 g/mol. The zero-order valence-corrected chi connectivity index (χ0v) is 12.1. The first-order valence-corrected chi connectivity index (χ1v) is 7.31. The number of aliphatic carboxylic acids is 1. The molecule has 0 saturated heterocycles. The lowest BCUT2D eigenvalue weighted by molar-refractivity contribution is -0.147. The van der Waals surface area contributed by atoms with Gasteiger partial charge < -0.3 is 15.5 Å². The lowest BCUT2D eigenvalue weighted by Crippen LogP contribution is -2.36. The number of carbonyl (C=O) groups excluding carboxylic acids is 1. The van der Waals surface area contributed by atoms with Crippen LogP contribution in [-0.2, 0) is 9.59 Å². The number of hydrogen-bond donors (Lipinski definition) is 3. The van der Waals surface area contributed by atoms with Crippen molar-refractivity contribution in [2.24, 2.45) is 11.8 Å². The van der Waals surface area contributed by atoms with Gasteiger partial charge in [0, 0.05) is 11.3 Å². The van der Waals surface area contributed by atoms with Crippen LogP contribution in [0.1, 0.15) is 44.3 Å². The summed E-state index contributed by atoms with van der Waals surface area (Å²) in [6, 6.07) is 7.03. The zero-order valence-electron chi connectivity index (χ0n) is 12.1. The van der Waals surface area contributed by atoms with Gasteiger partial charge in [0.2, 0.25) is 5.91 Å². The maximum absolute atomic E-state index is 12.4. The van der Waals surface area contributed by atoms with Gasteiger partial charge in [0.05, 0.1) is 17.9 Å². The first-order chi connectivity index (χ1) is 10.0. The summed E-state index contributed by atoms with van der Waals surface area (Å²) >= 11 is 0. The van der Waals surface area contributed by atoms with Gasteiger partial charge >= 0.3 is 5.97 Å². The van der Waals surface area contributed by atoms with Gasteiger partial charge in [0.25, 0.3) is 0 Å². The molecule has 114 valence electrons. The van der Waals surface area contributed by atoms with Gasteiger partial charge in [-0.3, -0.25) is 9.59 Å². The van der Waals surface area contributed by atoms with Crippen molar-refractivity contribution in [3.8, 4) is 0 Å². The van der Waals surface area contributed by atoms with Crippen LogP contribution < -0.4 is 5.32 Å². The number of hydrogen-bond acceptors (Lipinski definition) is 3. The summed E-state index contributed by atoms with van der Waals surface area (Å²) in [4.78, 5) is 23.7. The standard InChI is InChI=1S/C16H21NO4/c1-10(18)11-6-4-5-9-14(11)17-15(19)12-7-2-3-8-13(12)16(20)21/h4-6,9-10,12-13,18H,2-3,7-8H2,1H3,(H,17,19)(H,20,21)/t10?,12-,13+/m1/s1. The molecule has 0 aliphatic heterocycles. The number of benzene rings is 1. The molecule has 3 atom stereocenters. The summed E-state index contributed by atoms with van der Waals surface area (Å²) in [5.74, 6) is -2.29. The van der Waals surface area contributed by atoms with E-state index in [4.69, 9.17) is 0 Å². The molecule has 3 N–H and O–H groups in total. The summed E-state index contributed by atoms with van der Waals surface area (Å²) in [6.07, 6.45) is 2.18. The normalized spacial score (nSPS) is 23.3. The van der Waals surface area contributed by atoms with Crippen LogP contribution in [0.3, 0.4) is 0 Å². The van der Waals surface area contributed by atoms with Crippen LogP contribution in [0.5, 0.6) is 0 Å². The number of aliphatic hydroxyl groups is 1. The summed E-state index contributed by atoms with van der Waals surface area (Å²) in [6.45, 7) is 1.63. The molecule has 0 aromatic heterocycles.